The van der Waals surface area contributed by atoms with E-state index < -0.39 is 0 Å². The zero-order valence-electron chi connectivity index (χ0n) is 18.0. The van der Waals surface area contributed by atoms with E-state index in [2.05, 4.69) is 10.2 Å². The van der Waals surface area contributed by atoms with Crippen LogP contribution in [0.1, 0.15) is 15.9 Å². The van der Waals surface area contributed by atoms with Gasteiger partial charge < -0.3 is 14.8 Å². The van der Waals surface area contributed by atoms with Crippen molar-refractivity contribution < 1.29 is 14.3 Å². The number of nitrogens with one attached hydrogen (secondary N) is 1. The van der Waals surface area contributed by atoms with Crippen LogP contribution in [-0.4, -0.2) is 67.1 Å². The van der Waals surface area contributed by atoms with Crippen LogP contribution in [0.4, 0.5) is 0 Å². The molecule has 1 amide bonds. The molecule has 0 spiro atoms. The second-order valence-electron chi connectivity index (χ2n) is 7.61. The average Bonchev–Trinajstić information content (AvgIpc) is 3.26. The number of rotatable bonds is 7. The lowest BCUT2D eigenvalue weighted by Gasteiger charge is -2.26. The van der Waals surface area contributed by atoms with Crippen LogP contribution >= 0.6 is 0 Å². The van der Waals surface area contributed by atoms with Crippen LogP contribution in [0.15, 0.2) is 54.7 Å². The van der Waals surface area contributed by atoms with E-state index in [0.29, 0.717) is 17.8 Å². The highest BCUT2D eigenvalue weighted by atomic mass is 16.5. The van der Waals surface area contributed by atoms with E-state index in [1.54, 1.807) is 18.0 Å². The normalized spacial score (nSPS) is 14.4. The Morgan fingerprint density at radius 1 is 1.16 bits per heavy atom. The largest absolute Gasteiger partial charge is 0.497 e. The summed E-state index contributed by atoms with van der Waals surface area (Å²) >= 11 is 0. The lowest BCUT2D eigenvalue weighted by Crippen LogP contribution is -2.41. The van der Waals surface area contributed by atoms with Gasteiger partial charge in [-0.05, 0) is 31.2 Å². The van der Waals surface area contributed by atoms with Crippen LogP contribution in [0, 0.1) is 6.92 Å². The Bertz CT molecular complexity index is 1020. The number of nitrogens with zero attached hydrogens (tertiary/aromatic N) is 3. The van der Waals surface area contributed by atoms with Crippen LogP contribution in [-0.2, 0) is 4.74 Å². The number of aryl methyl sites for hydroxylation is 1. The molecule has 1 N–H and O–H groups in total. The zero-order chi connectivity index (χ0) is 21.6. The summed E-state index contributed by atoms with van der Waals surface area (Å²) in [4.78, 5) is 15.4. The van der Waals surface area contributed by atoms with E-state index in [1.165, 1.54) is 5.56 Å². The van der Waals surface area contributed by atoms with Gasteiger partial charge in [-0.3, -0.25) is 9.69 Å². The Hall–Kier alpha value is -3.16. The molecule has 1 saturated heterocycles. The SMILES string of the molecule is COc1cccc(-c2nn(-c3ccc(C)cc3)cc2C(=O)NCCN2CCOCC2)c1. The number of morpholine rings is 1. The molecule has 0 unspecified atom stereocenters. The van der Waals surface area contributed by atoms with E-state index >= 15 is 0 Å². The van der Waals surface area contributed by atoms with E-state index in [9.17, 15) is 4.79 Å². The Morgan fingerprint density at radius 2 is 1.94 bits per heavy atom. The monoisotopic (exact) mass is 420 g/mol. The van der Waals surface area contributed by atoms with Crippen molar-refractivity contribution in [2.24, 2.45) is 0 Å². The lowest BCUT2D eigenvalue weighted by molar-refractivity contribution is 0.0383. The van der Waals surface area contributed by atoms with Gasteiger partial charge in [0.1, 0.15) is 11.4 Å². The van der Waals surface area contributed by atoms with Crippen molar-refractivity contribution in [3.8, 4) is 22.7 Å². The number of ether oxygens (including phenoxy) is 2. The molecule has 7 nitrogen and oxygen atoms in total. The maximum absolute atomic E-state index is 13.1. The summed E-state index contributed by atoms with van der Waals surface area (Å²) in [5, 5.41) is 7.80. The Labute approximate surface area is 182 Å². The number of hydrogen-bond acceptors (Lipinski definition) is 5. The van der Waals surface area contributed by atoms with Crippen LogP contribution in [0.5, 0.6) is 5.75 Å². The van der Waals surface area contributed by atoms with E-state index in [-0.39, 0.29) is 5.91 Å². The van der Waals surface area contributed by atoms with E-state index in [1.807, 2.05) is 55.5 Å². The van der Waals surface area contributed by atoms with Crippen LogP contribution in [0.25, 0.3) is 16.9 Å². The molecule has 1 aromatic heterocycles. The molecule has 0 aliphatic carbocycles. The quantitative estimate of drug-likeness (QED) is 0.637. The summed E-state index contributed by atoms with van der Waals surface area (Å²) in [6.07, 6.45) is 1.80. The van der Waals surface area contributed by atoms with Gasteiger partial charge in [-0.15, -0.1) is 0 Å². The minimum atomic E-state index is -0.135. The van der Waals surface area contributed by atoms with Crippen LogP contribution in [0.2, 0.25) is 0 Å². The fourth-order valence-electron chi connectivity index (χ4n) is 3.60. The summed E-state index contributed by atoms with van der Waals surface area (Å²) < 4.78 is 12.5. The Kier molecular flexibility index (Phi) is 6.64. The molecular weight excluding hydrogens is 392 g/mol. The first-order valence-corrected chi connectivity index (χ1v) is 10.5. The molecule has 1 fully saturated rings. The second kappa shape index (κ2) is 9.76. The number of methoxy groups -OCH3 is 1. The van der Waals surface area contributed by atoms with Crippen molar-refractivity contribution in [3.05, 3.63) is 65.9 Å². The molecule has 31 heavy (non-hydrogen) atoms. The van der Waals surface area contributed by atoms with Crippen molar-refractivity contribution in [1.82, 2.24) is 20.0 Å². The van der Waals surface area contributed by atoms with Gasteiger partial charge in [0.25, 0.3) is 5.91 Å². The second-order valence-corrected chi connectivity index (χ2v) is 7.61. The van der Waals surface area contributed by atoms with Crippen LogP contribution < -0.4 is 10.1 Å². The minimum Gasteiger partial charge on any atom is -0.497 e. The highest BCUT2D eigenvalue weighted by Crippen LogP contribution is 2.27. The Morgan fingerprint density at radius 3 is 2.68 bits per heavy atom. The maximum Gasteiger partial charge on any atom is 0.255 e. The molecule has 162 valence electrons. The van der Waals surface area contributed by atoms with Gasteiger partial charge in [-0.25, -0.2) is 4.68 Å². The zero-order valence-corrected chi connectivity index (χ0v) is 18.0. The number of benzene rings is 2. The number of hydrogen-bond donors (Lipinski definition) is 1. The summed E-state index contributed by atoms with van der Waals surface area (Å²) in [5.41, 5.74) is 4.08. The van der Waals surface area contributed by atoms with Gasteiger partial charge in [-0.2, -0.15) is 5.10 Å². The molecule has 0 bridgehead atoms. The standard InChI is InChI=1S/C24H28N4O3/c1-18-6-8-20(9-7-18)28-17-22(23(26-28)19-4-3-5-21(16-19)30-2)24(29)25-10-11-27-12-14-31-15-13-27/h3-9,16-17H,10-15H2,1-2H3,(H,25,29). The molecule has 3 aromatic rings. The first-order chi connectivity index (χ1) is 15.1. The Balaban J connectivity index is 1.59. The van der Waals surface area contributed by atoms with Gasteiger partial charge in [0.2, 0.25) is 0 Å². The number of carbonyl (C=O) groups excluding carboxylic acids is 1. The first kappa shape index (κ1) is 21.1. The topological polar surface area (TPSA) is 68.6 Å². The number of amides is 1. The van der Waals surface area contributed by atoms with Gasteiger partial charge in [0.15, 0.2) is 0 Å². The molecule has 1 aliphatic rings. The van der Waals surface area contributed by atoms with Gasteiger partial charge in [0.05, 0.1) is 31.6 Å². The van der Waals surface area contributed by atoms with Crippen molar-refractivity contribution in [2.75, 3.05) is 46.5 Å². The predicted octanol–water partition coefficient (Wildman–Crippen LogP) is 2.92. The van der Waals surface area contributed by atoms with Gasteiger partial charge in [-0.1, -0.05) is 29.8 Å². The minimum absolute atomic E-state index is 0.135. The van der Waals surface area contributed by atoms with Gasteiger partial charge >= 0.3 is 0 Å². The molecule has 2 aromatic carbocycles. The molecule has 7 heteroatoms. The number of aromatic nitrogens is 2. The molecule has 4 rings (SSSR count). The van der Waals surface area contributed by atoms with Crippen molar-refractivity contribution in [1.29, 1.82) is 0 Å². The van der Waals surface area contributed by atoms with Crippen molar-refractivity contribution in [3.63, 3.8) is 0 Å². The lowest BCUT2D eigenvalue weighted by atomic mass is 10.1. The highest BCUT2D eigenvalue weighted by Gasteiger charge is 2.19. The molecule has 2 heterocycles. The van der Waals surface area contributed by atoms with Crippen LogP contribution in [0.3, 0.4) is 0 Å². The van der Waals surface area contributed by atoms with Crippen molar-refractivity contribution in [2.45, 2.75) is 6.92 Å². The molecular formula is C24H28N4O3. The van der Waals surface area contributed by atoms with E-state index in [4.69, 9.17) is 14.6 Å². The molecule has 0 radical (unpaired) electrons. The summed E-state index contributed by atoms with van der Waals surface area (Å²) in [6, 6.07) is 15.7. The average molecular weight is 421 g/mol. The smallest absolute Gasteiger partial charge is 0.255 e. The maximum atomic E-state index is 13.1. The summed E-state index contributed by atoms with van der Waals surface area (Å²) in [5.74, 6) is 0.588. The molecule has 0 atom stereocenters. The summed E-state index contributed by atoms with van der Waals surface area (Å²) in [6.45, 7) is 6.71. The fourth-order valence-corrected chi connectivity index (χ4v) is 3.60. The van der Waals surface area contributed by atoms with E-state index in [0.717, 1.165) is 49.8 Å². The first-order valence-electron chi connectivity index (χ1n) is 10.5. The van der Waals surface area contributed by atoms with Crippen molar-refractivity contribution >= 4 is 5.91 Å². The van der Waals surface area contributed by atoms with Gasteiger partial charge in [0, 0.05) is 37.9 Å². The third-order valence-electron chi connectivity index (χ3n) is 5.42. The third-order valence-corrected chi connectivity index (χ3v) is 5.42. The number of carbonyl (C=O) groups is 1. The highest BCUT2D eigenvalue weighted by molar-refractivity contribution is 6.00. The predicted molar refractivity (Wildman–Crippen MR) is 120 cm³/mol. The molecule has 0 saturated carbocycles. The summed E-state index contributed by atoms with van der Waals surface area (Å²) in [7, 11) is 1.63. The third kappa shape index (κ3) is 5.13. The fraction of sp³-hybridized carbons (Fsp3) is 0.333. The molecule has 1 aliphatic heterocycles.